The Balaban J connectivity index is 1.78. The molecule has 1 N–H and O–H groups in total. The Morgan fingerprint density at radius 1 is 1.12 bits per heavy atom. The Bertz CT molecular complexity index is 951. The molecule has 0 spiro atoms. The molecule has 0 unspecified atom stereocenters. The van der Waals surface area contributed by atoms with Crippen LogP contribution >= 0.6 is 0 Å². The topological polar surface area (TPSA) is 101 Å². The van der Waals surface area contributed by atoms with Crippen LogP contribution in [0.5, 0.6) is 5.75 Å². The van der Waals surface area contributed by atoms with Crippen molar-refractivity contribution in [3.05, 3.63) is 54.0 Å². The van der Waals surface area contributed by atoms with Gasteiger partial charge in [0.05, 0.1) is 26.0 Å². The average molecular weight is 444 g/mol. The summed E-state index contributed by atoms with van der Waals surface area (Å²) < 4.78 is 16.1. The van der Waals surface area contributed by atoms with Crippen molar-refractivity contribution in [3.8, 4) is 5.75 Å². The zero-order chi connectivity index (χ0) is 23.3. The number of hydrogen-bond donors (Lipinski definition) is 1. The molecule has 9 nitrogen and oxygen atoms in total. The number of piperazine rings is 1. The van der Waals surface area contributed by atoms with Crippen LogP contribution in [-0.2, 0) is 9.53 Å². The lowest BCUT2D eigenvalue weighted by Crippen LogP contribution is -2.54. The highest BCUT2D eigenvalue weighted by atomic mass is 16.6. The third-order valence-corrected chi connectivity index (χ3v) is 5.00. The molecule has 172 valence electrons. The first-order valence-corrected chi connectivity index (χ1v) is 10.4. The molecule has 2 aromatic rings. The van der Waals surface area contributed by atoms with Crippen LogP contribution in [0.1, 0.15) is 42.9 Å². The van der Waals surface area contributed by atoms with Gasteiger partial charge in [0.1, 0.15) is 11.4 Å². The van der Waals surface area contributed by atoms with Crippen LogP contribution in [-0.4, -0.2) is 66.6 Å². The van der Waals surface area contributed by atoms with Gasteiger partial charge >= 0.3 is 6.09 Å². The van der Waals surface area contributed by atoms with Crippen molar-refractivity contribution in [2.45, 2.75) is 32.4 Å². The van der Waals surface area contributed by atoms with E-state index in [1.54, 1.807) is 23.0 Å². The van der Waals surface area contributed by atoms with Crippen LogP contribution < -0.4 is 10.1 Å². The second-order valence-corrected chi connectivity index (χ2v) is 8.43. The van der Waals surface area contributed by atoms with Gasteiger partial charge < -0.3 is 29.0 Å². The number of nitrogens with zero attached hydrogens (tertiary/aromatic N) is 2. The fourth-order valence-electron chi connectivity index (χ4n) is 3.53. The molecule has 3 rings (SSSR count). The molecule has 1 aliphatic rings. The standard InChI is InChI=1S/C23H29N3O6/c1-23(2,3)32-22(29)25-11-12-26(17(15-25)16-8-5-6-9-18(16)30-4)20(27)14-24-21(28)19-10-7-13-31-19/h5-10,13,17H,11-12,14-15H2,1-4H3,(H,24,28)/t17-/m0/s1. The van der Waals surface area contributed by atoms with Gasteiger partial charge in [-0.25, -0.2) is 4.79 Å². The summed E-state index contributed by atoms with van der Waals surface area (Å²) in [6.45, 7) is 6.08. The normalized spacial score (nSPS) is 16.4. The summed E-state index contributed by atoms with van der Waals surface area (Å²) in [6.07, 6.45) is 0.959. The smallest absolute Gasteiger partial charge is 0.410 e. The molecular formula is C23H29N3O6. The molecule has 0 saturated carbocycles. The SMILES string of the molecule is COc1ccccc1[C@@H]1CN(C(=O)OC(C)(C)C)CCN1C(=O)CNC(=O)c1ccco1. The fraction of sp³-hybridized carbons (Fsp3) is 0.435. The van der Waals surface area contributed by atoms with Gasteiger partial charge in [-0.15, -0.1) is 0 Å². The Labute approximate surface area is 187 Å². The Morgan fingerprint density at radius 3 is 2.53 bits per heavy atom. The third kappa shape index (κ3) is 5.60. The fourth-order valence-corrected chi connectivity index (χ4v) is 3.53. The van der Waals surface area contributed by atoms with E-state index in [4.69, 9.17) is 13.9 Å². The first-order chi connectivity index (χ1) is 15.2. The summed E-state index contributed by atoms with van der Waals surface area (Å²) in [5.41, 5.74) is 0.147. The van der Waals surface area contributed by atoms with E-state index in [1.807, 2.05) is 45.0 Å². The van der Waals surface area contributed by atoms with E-state index < -0.39 is 23.6 Å². The van der Waals surface area contributed by atoms with Gasteiger partial charge in [-0.3, -0.25) is 9.59 Å². The van der Waals surface area contributed by atoms with Gasteiger partial charge in [0.25, 0.3) is 5.91 Å². The van der Waals surface area contributed by atoms with E-state index in [-0.39, 0.29) is 31.3 Å². The summed E-state index contributed by atoms with van der Waals surface area (Å²) in [4.78, 5) is 41.1. The number of rotatable bonds is 5. The molecule has 0 aliphatic carbocycles. The van der Waals surface area contributed by atoms with Crippen molar-refractivity contribution in [1.29, 1.82) is 0 Å². The lowest BCUT2D eigenvalue weighted by Gasteiger charge is -2.42. The van der Waals surface area contributed by atoms with Crippen LogP contribution in [0.15, 0.2) is 47.1 Å². The summed E-state index contributed by atoms with van der Waals surface area (Å²) in [6, 6.07) is 10.0. The molecule has 2 heterocycles. The van der Waals surface area contributed by atoms with E-state index in [0.717, 1.165) is 5.56 Å². The molecule has 0 radical (unpaired) electrons. The van der Waals surface area contributed by atoms with Crippen molar-refractivity contribution in [2.24, 2.45) is 0 Å². The Morgan fingerprint density at radius 2 is 1.88 bits per heavy atom. The zero-order valence-electron chi connectivity index (χ0n) is 18.8. The van der Waals surface area contributed by atoms with Crippen LogP contribution in [0.3, 0.4) is 0 Å². The summed E-state index contributed by atoms with van der Waals surface area (Å²) in [5, 5.41) is 2.59. The largest absolute Gasteiger partial charge is 0.496 e. The predicted molar refractivity (Wildman–Crippen MR) is 116 cm³/mol. The molecule has 1 aromatic carbocycles. The van der Waals surface area contributed by atoms with Gasteiger partial charge in [-0.2, -0.15) is 0 Å². The minimum absolute atomic E-state index is 0.133. The van der Waals surface area contributed by atoms with Gasteiger partial charge in [-0.1, -0.05) is 18.2 Å². The molecule has 1 aliphatic heterocycles. The number of methoxy groups -OCH3 is 1. The van der Waals surface area contributed by atoms with E-state index in [0.29, 0.717) is 12.3 Å². The number of amides is 3. The van der Waals surface area contributed by atoms with E-state index in [1.165, 1.54) is 12.3 Å². The van der Waals surface area contributed by atoms with Crippen LogP contribution in [0.25, 0.3) is 0 Å². The van der Waals surface area contributed by atoms with Crippen molar-refractivity contribution in [3.63, 3.8) is 0 Å². The van der Waals surface area contributed by atoms with Crippen molar-refractivity contribution < 1.29 is 28.3 Å². The maximum absolute atomic E-state index is 13.1. The van der Waals surface area contributed by atoms with Crippen LogP contribution in [0.2, 0.25) is 0 Å². The number of furan rings is 1. The molecule has 1 fully saturated rings. The Hall–Kier alpha value is -3.49. The second-order valence-electron chi connectivity index (χ2n) is 8.43. The minimum atomic E-state index is -0.625. The minimum Gasteiger partial charge on any atom is -0.496 e. The van der Waals surface area contributed by atoms with Crippen LogP contribution in [0.4, 0.5) is 4.79 Å². The highest BCUT2D eigenvalue weighted by Crippen LogP contribution is 2.32. The molecular weight excluding hydrogens is 414 g/mol. The zero-order valence-corrected chi connectivity index (χ0v) is 18.8. The molecule has 9 heteroatoms. The van der Waals surface area contributed by atoms with Crippen molar-refractivity contribution >= 4 is 17.9 Å². The molecule has 3 amide bonds. The molecule has 1 saturated heterocycles. The highest BCUT2D eigenvalue weighted by molar-refractivity contribution is 5.94. The molecule has 32 heavy (non-hydrogen) atoms. The maximum Gasteiger partial charge on any atom is 0.410 e. The number of carbonyl (C=O) groups is 3. The molecule has 1 atom stereocenters. The average Bonchev–Trinajstić information content (AvgIpc) is 3.30. The monoisotopic (exact) mass is 443 g/mol. The van der Waals surface area contributed by atoms with Crippen molar-refractivity contribution in [2.75, 3.05) is 33.3 Å². The van der Waals surface area contributed by atoms with Gasteiger partial charge in [-0.05, 0) is 39.0 Å². The third-order valence-electron chi connectivity index (χ3n) is 5.00. The number of para-hydroxylation sites is 1. The highest BCUT2D eigenvalue weighted by Gasteiger charge is 2.36. The maximum atomic E-state index is 13.1. The number of hydrogen-bond acceptors (Lipinski definition) is 6. The molecule has 0 bridgehead atoms. The lowest BCUT2D eigenvalue weighted by atomic mass is 10.0. The van der Waals surface area contributed by atoms with Gasteiger partial charge in [0.15, 0.2) is 5.76 Å². The predicted octanol–water partition coefficient (Wildman–Crippen LogP) is 2.84. The number of nitrogens with one attached hydrogen (secondary N) is 1. The van der Waals surface area contributed by atoms with E-state index in [9.17, 15) is 14.4 Å². The molecule has 1 aromatic heterocycles. The van der Waals surface area contributed by atoms with E-state index in [2.05, 4.69) is 5.32 Å². The second kappa shape index (κ2) is 9.76. The number of benzene rings is 1. The van der Waals surface area contributed by atoms with Gasteiger partial charge in [0, 0.05) is 25.2 Å². The Kier molecular flexibility index (Phi) is 7.07. The number of ether oxygens (including phenoxy) is 2. The summed E-state index contributed by atoms with van der Waals surface area (Å²) in [5.74, 6) is 0.00372. The lowest BCUT2D eigenvalue weighted by molar-refractivity contribution is -0.135. The van der Waals surface area contributed by atoms with Crippen molar-refractivity contribution in [1.82, 2.24) is 15.1 Å². The summed E-state index contributed by atoms with van der Waals surface area (Å²) in [7, 11) is 1.56. The van der Waals surface area contributed by atoms with Crippen LogP contribution in [0, 0.1) is 0 Å². The summed E-state index contributed by atoms with van der Waals surface area (Å²) >= 11 is 0. The van der Waals surface area contributed by atoms with E-state index >= 15 is 0 Å². The number of carbonyl (C=O) groups excluding carboxylic acids is 3. The first kappa shape index (κ1) is 23.2. The first-order valence-electron chi connectivity index (χ1n) is 10.4. The van der Waals surface area contributed by atoms with Gasteiger partial charge in [0.2, 0.25) is 5.91 Å². The quantitative estimate of drug-likeness (QED) is 0.763.